The molecule has 27 heavy (non-hydrogen) atoms. The van der Waals surface area contributed by atoms with Gasteiger partial charge >= 0.3 is 0 Å². The number of rotatable bonds is 4. The quantitative estimate of drug-likeness (QED) is 0.722. The molecule has 0 spiro atoms. The molecule has 1 aromatic carbocycles. The van der Waals surface area contributed by atoms with Crippen molar-refractivity contribution >= 4 is 63.2 Å². The number of nitrogens with one attached hydrogen (secondary N) is 1. The number of Topliss-reactive ketones (excluding diaryl/α,β-unsaturated/α-hetero) is 1. The summed E-state index contributed by atoms with van der Waals surface area (Å²) in [5.74, 6) is -0.264. The van der Waals surface area contributed by atoms with Crippen LogP contribution in [0.1, 0.15) is 29.3 Å². The molecule has 140 valence electrons. The first-order valence-electron chi connectivity index (χ1n) is 8.02. The number of nitrogens with zero attached hydrogens (tertiary/aromatic N) is 3. The maximum absolute atomic E-state index is 13.0. The highest BCUT2D eigenvalue weighted by molar-refractivity contribution is 6.66. The van der Waals surface area contributed by atoms with Crippen molar-refractivity contribution in [2.75, 3.05) is 10.3 Å². The predicted octanol–water partition coefficient (Wildman–Crippen LogP) is 4.67. The molecule has 9 heteroatoms. The largest absolute Gasteiger partial charge is 0.323 e. The third-order valence-corrected chi connectivity index (χ3v) is 4.80. The SMILES string of the molecule is CC(=O)c1cc(Cl)cc(C)c1NC(=O)C1CC(Cl)=NN1c1ncccc1Cl. The molecule has 1 aliphatic heterocycles. The van der Waals surface area contributed by atoms with Crippen LogP contribution in [-0.4, -0.2) is 27.9 Å². The van der Waals surface area contributed by atoms with Crippen LogP contribution in [0.15, 0.2) is 35.6 Å². The lowest BCUT2D eigenvalue weighted by Gasteiger charge is -2.23. The number of halogens is 3. The Morgan fingerprint density at radius 2 is 2.00 bits per heavy atom. The van der Waals surface area contributed by atoms with Crippen molar-refractivity contribution in [3.8, 4) is 0 Å². The third kappa shape index (κ3) is 4.08. The van der Waals surface area contributed by atoms with Gasteiger partial charge < -0.3 is 5.32 Å². The number of hydrazone groups is 1. The van der Waals surface area contributed by atoms with E-state index in [2.05, 4.69) is 15.4 Å². The van der Waals surface area contributed by atoms with Crippen molar-refractivity contribution in [2.24, 2.45) is 5.10 Å². The number of carbonyl (C=O) groups is 2. The number of amides is 1. The maximum atomic E-state index is 13.0. The Morgan fingerprint density at radius 3 is 2.67 bits per heavy atom. The van der Waals surface area contributed by atoms with Crippen LogP contribution in [0, 0.1) is 6.92 Å². The van der Waals surface area contributed by atoms with Crippen molar-refractivity contribution in [2.45, 2.75) is 26.3 Å². The van der Waals surface area contributed by atoms with Crippen LogP contribution in [-0.2, 0) is 4.79 Å². The number of aromatic nitrogens is 1. The molecule has 1 amide bonds. The van der Waals surface area contributed by atoms with E-state index in [9.17, 15) is 9.59 Å². The van der Waals surface area contributed by atoms with Crippen LogP contribution in [0.2, 0.25) is 10.0 Å². The Labute approximate surface area is 171 Å². The summed E-state index contributed by atoms with van der Waals surface area (Å²) >= 11 is 18.3. The summed E-state index contributed by atoms with van der Waals surface area (Å²) in [6.07, 6.45) is 1.75. The highest BCUT2D eigenvalue weighted by atomic mass is 35.5. The van der Waals surface area contributed by atoms with Crippen molar-refractivity contribution in [3.63, 3.8) is 0 Å². The Balaban J connectivity index is 1.93. The van der Waals surface area contributed by atoms with E-state index >= 15 is 0 Å². The number of hydrogen-bond acceptors (Lipinski definition) is 5. The van der Waals surface area contributed by atoms with E-state index in [0.29, 0.717) is 32.7 Å². The lowest BCUT2D eigenvalue weighted by molar-refractivity contribution is -0.117. The van der Waals surface area contributed by atoms with E-state index in [1.807, 2.05) is 0 Å². The van der Waals surface area contributed by atoms with E-state index in [1.54, 1.807) is 31.3 Å². The average Bonchev–Trinajstić information content (AvgIpc) is 2.99. The summed E-state index contributed by atoms with van der Waals surface area (Å²) in [5, 5.41) is 9.40. The van der Waals surface area contributed by atoms with Gasteiger partial charge in [0, 0.05) is 23.2 Å². The lowest BCUT2D eigenvalue weighted by Crippen LogP contribution is -2.39. The molecule has 0 aliphatic carbocycles. The van der Waals surface area contributed by atoms with Crippen LogP contribution in [0.3, 0.4) is 0 Å². The van der Waals surface area contributed by atoms with Gasteiger partial charge in [-0.15, -0.1) is 0 Å². The number of pyridine rings is 1. The first-order valence-corrected chi connectivity index (χ1v) is 9.16. The van der Waals surface area contributed by atoms with Gasteiger partial charge in [0.2, 0.25) is 5.91 Å². The van der Waals surface area contributed by atoms with Gasteiger partial charge in [-0.3, -0.25) is 9.59 Å². The standard InChI is InChI=1S/C18H15Cl3N4O2/c1-9-6-11(19)7-12(10(2)26)16(9)23-18(27)14-8-15(21)24-25(14)17-13(20)4-3-5-22-17/h3-7,14H,8H2,1-2H3,(H,23,27). The lowest BCUT2D eigenvalue weighted by atomic mass is 10.0. The first kappa shape index (κ1) is 19.6. The second-order valence-electron chi connectivity index (χ2n) is 6.04. The Morgan fingerprint density at radius 1 is 1.26 bits per heavy atom. The molecule has 1 aromatic heterocycles. The number of ketones is 1. The van der Waals surface area contributed by atoms with Gasteiger partial charge in [0.1, 0.15) is 11.2 Å². The van der Waals surface area contributed by atoms with Crippen LogP contribution >= 0.6 is 34.8 Å². The van der Waals surface area contributed by atoms with Gasteiger partial charge in [0.25, 0.3) is 0 Å². The zero-order valence-corrected chi connectivity index (χ0v) is 16.7. The van der Waals surface area contributed by atoms with Crippen LogP contribution < -0.4 is 10.3 Å². The number of hydrogen-bond donors (Lipinski definition) is 1. The maximum Gasteiger partial charge on any atom is 0.249 e. The molecule has 2 heterocycles. The number of anilines is 2. The van der Waals surface area contributed by atoms with E-state index in [0.717, 1.165) is 0 Å². The molecule has 0 saturated heterocycles. The number of aryl methyl sites for hydroxylation is 1. The topological polar surface area (TPSA) is 74.7 Å². The van der Waals surface area contributed by atoms with Gasteiger partial charge in [0.05, 0.1) is 10.7 Å². The zero-order chi connectivity index (χ0) is 19.7. The monoisotopic (exact) mass is 424 g/mol. The van der Waals surface area contributed by atoms with Crippen LogP contribution in [0.4, 0.5) is 11.5 Å². The molecule has 0 bridgehead atoms. The van der Waals surface area contributed by atoms with Gasteiger partial charge in [0.15, 0.2) is 11.6 Å². The van der Waals surface area contributed by atoms with Gasteiger partial charge in [-0.05, 0) is 43.7 Å². The summed E-state index contributed by atoms with van der Waals surface area (Å²) in [5.41, 5.74) is 1.42. The molecule has 1 aliphatic rings. The fourth-order valence-corrected chi connectivity index (χ4v) is 3.52. The van der Waals surface area contributed by atoms with E-state index in [-0.39, 0.29) is 23.3 Å². The second-order valence-corrected chi connectivity index (χ2v) is 7.32. The van der Waals surface area contributed by atoms with Crippen molar-refractivity contribution < 1.29 is 9.59 Å². The van der Waals surface area contributed by atoms with Gasteiger partial charge in [-0.2, -0.15) is 5.10 Å². The molecule has 1 N–H and O–H groups in total. The summed E-state index contributed by atoms with van der Waals surface area (Å²) in [4.78, 5) is 29.1. The molecule has 0 radical (unpaired) electrons. The fourth-order valence-electron chi connectivity index (χ4n) is 2.81. The van der Waals surface area contributed by atoms with Crippen LogP contribution in [0.5, 0.6) is 0 Å². The summed E-state index contributed by atoms with van der Waals surface area (Å²) in [6, 6.07) is 5.78. The molecule has 0 fully saturated rings. The van der Waals surface area contributed by atoms with E-state index in [1.165, 1.54) is 18.0 Å². The highest BCUT2D eigenvalue weighted by Gasteiger charge is 2.35. The molecular formula is C18H15Cl3N4O2. The molecule has 0 saturated carbocycles. The molecule has 3 rings (SSSR count). The number of carbonyl (C=O) groups excluding carboxylic acids is 2. The van der Waals surface area contributed by atoms with Crippen LogP contribution in [0.25, 0.3) is 0 Å². The van der Waals surface area contributed by atoms with Crippen molar-refractivity contribution in [1.82, 2.24) is 4.98 Å². The third-order valence-electron chi connectivity index (χ3n) is 4.06. The zero-order valence-electron chi connectivity index (χ0n) is 14.5. The first-order chi connectivity index (χ1) is 12.8. The molecule has 1 atom stereocenters. The van der Waals surface area contributed by atoms with Crippen molar-refractivity contribution in [1.29, 1.82) is 0 Å². The smallest absolute Gasteiger partial charge is 0.249 e. The fraction of sp³-hybridized carbons (Fsp3) is 0.222. The normalized spacial score (nSPS) is 16.3. The predicted molar refractivity (Wildman–Crippen MR) is 108 cm³/mol. The average molecular weight is 426 g/mol. The molecular weight excluding hydrogens is 411 g/mol. The highest BCUT2D eigenvalue weighted by Crippen LogP contribution is 2.31. The molecule has 1 unspecified atom stereocenters. The Bertz CT molecular complexity index is 962. The minimum absolute atomic E-state index is 0.197. The van der Waals surface area contributed by atoms with Crippen molar-refractivity contribution in [3.05, 3.63) is 51.6 Å². The van der Waals surface area contributed by atoms with E-state index in [4.69, 9.17) is 34.8 Å². The summed E-state index contributed by atoms with van der Waals surface area (Å²) < 4.78 is 0. The second kappa shape index (κ2) is 7.84. The molecule has 2 aromatic rings. The van der Waals surface area contributed by atoms with Gasteiger partial charge in [-0.1, -0.05) is 34.8 Å². The minimum atomic E-state index is -0.750. The summed E-state index contributed by atoms with van der Waals surface area (Å²) in [7, 11) is 0. The Hall–Kier alpha value is -2.15. The Kier molecular flexibility index (Phi) is 5.69. The molecule has 6 nitrogen and oxygen atoms in total. The number of benzene rings is 1. The summed E-state index contributed by atoms with van der Waals surface area (Å²) in [6.45, 7) is 3.18. The van der Waals surface area contributed by atoms with E-state index < -0.39 is 6.04 Å². The van der Waals surface area contributed by atoms with Gasteiger partial charge in [-0.25, -0.2) is 9.99 Å². The minimum Gasteiger partial charge on any atom is -0.323 e.